The number of aryl methyl sites for hydroxylation is 2. The van der Waals surface area contributed by atoms with Gasteiger partial charge in [-0.1, -0.05) is 0 Å². The first-order valence-corrected chi connectivity index (χ1v) is 5.10. The van der Waals surface area contributed by atoms with Crippen molar-refractivity contribution in [2.75, 3.05) is 0 Å². The summed E-state index contributed by atoms with van der Waals surface area (Å²) in [6, 6.07) is 0. The van der Waals surface area contributed by atoms with Crippen LogP contribution in [-0.2, 0) is 13.0 Å². The summed E-state index contributed by atoms with van der Waals surface area (Å²) >= 11 is 0. The smallest absolute Gasteiger partial charge is 0.0633 e. The zero-order chi connectivity index (χ0) is 10.9. The molecule has 0 fully saturated rings. The molecule has 0 aliphatic heterocycles. The Morgan fingerprint density at radius 3 is 2.29 bits per heavy atom. The minimum atomic E-state index is -0.656. The van der Waals surface area contributed by atoms with E-state index in [0.717, 1.165) is 12.2 Å². The van der Waals surface area contributed by atoms with Crippen molar-refractivity contribution in [2.45, 2.75) is 53.2 Å². The summed E-state index contributed by atoms with van der Waals surface area (Å²) in [6.07, 6.45) is 0.671. The first-order valence-electron chi connectivity index (χ1n) is 5.10. The Bertz CT molecular complexity index is 321. The van der Waals surface area contributed by atoms with Gasteiger partial charge >= 0.3 is 0 Å². The quantitative estimate of drug-likeness (QED) is 0.801. The van der Waals surface area contributed by atoms with Gasteiger partial charge in [0.2, 0.25) is 0 Å². The van der Waals surface area contributed by atoms with Crippen LogP contribution in [0.3, 0.4) is 0 Å². The summed E-state index contributed by atoms with van der Waals surface area (Å²) < 4.78 is 1.98. The number of aromatic nitrogens is 2. The minimum Gasteiger partial charge on any atom is -0.390 e. The summed E-state index contributed by atoms with van der Waals surface area (Å²) in [6.45, 7) is 10.7. The van der Waals surface area contributed by atoms with Crippen molar-refractivity contribution >= 4 is 0 Å². The van der Waals surface area contributed by atoms with Crippen LogP contribution < -0.4 is 0 Å². The standard InChI is InChI=1S/C11H20N2O/c1-6-13-9(3)10(8(2)12-13)7-11(4,5)14/h14H,6-7H2,1-5H3. The van der Waals surface area contributed by atoms with Gasteiger partial charge in [-0.15, -0.1) is 0 Å². The van der Waals surface area contributed by atoms with E-state index < -0.39 is 5.60 Å². The highest BCUT2D eigenvalue weighted by atomic mass is 16.3. The van der Waals surface area contributed by atoms with E-state index in [1.165, 1.54) is 11.3 Å². The normalized spacial score (nSPS) is 12.1. The average molecular weight is 196 g/mol. The second-order valence-electron chi connectivity index (χ2n) is 4.45. The van der Waals surface area contributed by atoms with Gasteiger partial charge in [-0.2, -0.15) is 5.10 Å². The van der Waals surface area contributed by atoms with Crippen molar-refractivity contribution in [3.05, 3.63) is 17.0 Å². The van der Waals surface area contributed by atoms with Crippen LogP contribution in [-0.4, -0.2) is 20.5 Å². The number of hydrogen-bond acceptors (Lipinski definition) is 2. The van der Waals surface area contributed by atoms with Crippen LogP contribution >= 0.6 is 0 Å². The van der Waals surface area contributed by atoms with Crippen LogP contribution in [0.15, 0.2) is 0 Å². The van der Waals surface area contributed by atoms with Crippen molar-refractivity contribution in [3.8, 4) is 0 Å². The van der Waals surface area contributed by atoms with Crippen molar-refractivity contribution in [2.24, 2.45) is 0 Å². The summed E-state index contributed by atoms with van der Waals surface area (Å²) in [7, 11) is 0. The highest BCUT2D eigenvalue weighted by Crippen LogP contribution is 2.19. The van der Waals surface area contributed by atoms with Crippen molar-refractivity contribution in [1.82, 2.24) is 9.78 Å². The molecule has 0 saturated carbocycles. The molecule has 3 nitrogen and oxygen atoms in total. The van der Waals surface area contributed by atoms with Gasteiger partial charge in [0.25, 0.3) is 0 Å². The van der Waals surface area contributed by atoms with Crippen LogP contribution in [0.4, 0.5) is 0 Å². The molecule has 0 aliphatic rings. The summed E-state index contributed by atoms with van der Waals surface area (Å²) in [5, 5.41) is 14.2. The Labute approximate surface area is 85.8 Å². The predicted molar refractivity (Wildman–Crippen MR) is 57.4 cm³/mol. The van der Waals surface area contributed by atoms with E-state index in [2.05, 4.69) is 18.9 Å². The highest BCUT2D eigenvalue weighted by molar-refractivity contribution is 5.26. The Hall–Kier alpha value is -0.830. The predicted octanol–water partition coefficient (Wildman–Crippen LogP) is 1.83. The van der Waals surface area contributed by atoms with Crippen molar-refractivity contribution in [3.63, 3.8) is 0 Å². The number of hydrogen-bond donors (Lipinski definition) is 1. The Kier molecular flexibility index (Phi) is 3.00. The second kappa shape index (κ2) is 3.73. The van der Waals surface area contributed by atoms with Gasteiger partial charge in [-0.05, 0) is 40.2 Å². The minimum absolute atomic E-state index is 0.656. The lowest BCUT2D eigenvalue weighted by atomic mass is 9.97. The molecule has 1 heterocycles. The number of rotatable bonds is 3. The van der Waals surface area contributed by atoms with Crippen LogP contribution in [0, 0.1) is 13.8 Å². The van der Waals surface area contributed by atoms with E-state index in [-0.39, 0.29) is 0 Å². The Morgan fingerprint density at radius 1 is 1.36 bits per heavy atom. The van der Waals surface area contributed by atoms with Crippen LogP contribution in [0.5, 0.6) is 0 Å². The summed E-state index contributed by atoms with van der Waals surface area (Å²) in [5.74, 6) is 0. The van der Waals surface area contributed by atoms with E-state index in [4.69, 9.17) is 0 Å². The third kappa shape index (κ3) is 2.35. The molecule has 1 aromatic heterocycles. The summed E-state index contributed by atoms with van der Waals surface area (Å²) in [5.41, 5.74) is 2.73. The fourth-order valence-corrected chi connectivity index (χ4v) is 1.73. The van der Waals surface area contributed by atoms with Gasteiger partial charge in [0.05, 0.1) is 11.3 Å². The SMILES string of the molecule is CCn1nc(C)c(CC(C)(C)O)c1C. The molecule has 0 bridgehead atoms. The molecule has 80 valence electrons. The first kappa shape index (κ1) is 11.2. The maximum absolute atomic E-state index is 9.76. The Balaban J connectivity index is 3.03. The topological polar surface area (TPSA) is 38.0 Å². The second-order valence-corrected chi connectivity index (χ2v) is 4.45. The summed E-state index contributed by atoms with van der Waals surface area (Å²) in [4.78, 5) is 0. The molecule has 0 unspecified atom stereocenters. The zero-order valence-electron chi connectivity index (χ0n) is 9.76. The van der Waals surface area contributed by atoms with E-state index >= 15 is 0 Å². The molecule has 1 rings (SSSR count). The maximum Gasteiger partial charge on any atom is 0.0633 e. The molecule has 1 aromatic rings. The maximum atomic E-state index is 9.76. The fraction of sp³-hybridized carbons (Fsp3) is 0.727. The Morgan fingerprint density at radius 2 is 1.93 bits per heavy atom. The van der Waals surface area contributed by atoms with Gasteiger partial charge in [0.15, 0.2) is 0 Å². The van der Waals surface area contributed by atoms with E-state index in [9.17, 15) is 5.11 Å². The molecule has 0 spiro atoms. The molecule has 0 radical (unpaired) electrons. The fourth-order valence-electron chi connectivity index (χ4n) is 1.73. The average Bonchev–Trinajstić information content (AvgIpc) is 2.29. The number of aliphatic hydroxyl groups is 1. The van der Waals surface area contributed by atoms with Gasteiger partial charge in [-0.25, -0.2) is 0 Å². The largest absolute Gasteiger partial charge is 0.390 e. The van der Waals surface area contributed by atoms with Crippen LogP contribution in [0.1, 0.15) is 37.7 Å². The molecule has 0 saturated heterocycles. The highest BCUT2D eigenvalue weighted by Gasteiger charge is 2.19. The molecule has 0 aromatic carbocycles. The third-order valence-electron chi connectivity index (χ3n) is 2.44. The van der Waals surface area contributed by atoms with Crippen LogP contribution in [0.2, 0.25) is 0 Å². The van der Waals surface area contributed by atoms with Crippen molar-refractivity contribution < 1.29 is 5.11 Å². The molecular weight excluding hydrogens is 176 g/mol. The third-order valence-corrected chi connectivity index (χ3v) is 2.44. The molecule has 0 aliphatic carbocycles. The molecular formula is C11H20N2O. The van der Waals surface area contributed by atoms with Crippen molar-refractivity contribution in [1.29, 1.82) is 0 Å². The van der Waals surface area contributed by atoms with Crippen LogP contribution in [0.25, 0.3) is 0 Å². The van der Waals surface area contributed by atoms with Gasteiger partial charge in [0, 0.05) is 18.7 Å². The molecule has 0 amide bonds. The van der Waals surface area contributed by atoms with E-state index in [0.29, 0.717) is 6.42 Å². The lowest BCUT2D eigenvalue weighted by Gasteiger charge is -2.17. The van der Waals surface area contributed by atoms with Gasteiger partial charge < -0.3 is 5.11 Å². The lowest BCUT2D eigenvalue weighted by molar-refractivity contribution is 0.0806. The first-order chi connectivity index (χ1) is 6.35. The van der Waals surface area contributed by atoms with Gasteiger partial charge in [0.1, 0.15) is 0 Å². The zero-order valence-corrected chi connectivity index (χ0v) is 9.76. The molecule has 14 heavy (non-hydrogen) atoms. The molecule has 1 N–H and O–H groups in total. The monoisotopic (exact) mass is 196 g/mol. The van der Waals surface area contributed by atoms with E-state index in [1.807, 2.05) is 25.5 Å². The lowest BCUT2D eigenvalue weighted by Crippen LogP contribution is -2.22. The van der Waals surface area contributed by atoms with Gasteiger partial charge in [-0.3, -0.25) is 4.68 Å². The number of nitrogens with zero attached hydrogens (tertiary/aromatic N) is 2. The molecule has 3 heteroatoms. The molecule has 0 atom stereocenters. The van der Waals surface area contributed by atoms with E-state index in [1.54, 1.807) is 0 Å².